The lowest BCUT2D eigenvalue weighted by molar-refractivity contribution is -0.153. The number of carbonyl (C=O) groups excluding carboxylic acids is 2. The van der Waals surface area contributed by atoms with Crippen LogP contribution in [0.15, 0.2) is 30.3 Å². The molecular formula is C17H22O3. The maximum atomic E-state index is 12.2. The Hall–Kier alpha value is -1.64. The van der Waals surface area contributed by atoms with Crippen LogP contribution in [0.1, 0.15) is 38.7 Å². The zero-order chi connectivity index (χ0) is 14.5. The lowest BCUT2D eigenvalue weighted by atomic mass is 9.87. The van der Waals surface area contributed by atoms with Crippen LogP contribution in [-0.4, -0.2) is 11.8 Å². The molecule has 1 fully saturated rings. The molecule has 0 unspecified atom stereocenters. The molecule has 0 aromatic heterocycles. The topological polar surface area (TPSA) is 43.4 Å². The molecule has 0 amide bonds. The summed E-state index contributed by atoms with van der Waals surface area (Å²) in [4.78, 5) is 24.3. The van der Waals surface area contributed by atoms with Crippen LogP contribution in [0.3, 0.4) is 0 Å². The number of benzene rings is 1. The van der Waals surface area contributed by atoms with Gasteiger partial charge in [0.25, 0.3) is 0 Å². The van der Waals surface area contributed by atoms with Gasteiger partial charge in [0, 0.05) is 11.8 Å². The Morgan fingerprint density at radius 1 is 1.15 bits per heavy atom. The van der Waals surface area contributed by atoms with Gasteiger partial charge in [-0.1, -0.05) is 50.6 Å². The number of hydrogen-bond donors (Lipinski definition) is 0. The Morgan fingerprint density at radius 2 is 1.80 bits per heavy atom. The molecule has 3 nitrogen and oxygen atoms in total. The number of ketones is 1. The standard InChI is InChI=1S/C17H22O3/c1-12(2)16(18)14-9-6-10-15(14)17(19)20-11-13-7-4-3-5-8-13/h3-5,7-8,12,14-15H,6,9-11H2,1-2H3/t14-,15-/m0/s1. The Bertz CT molecular complexity index is 464. The van der Waals surface area contributed by atoms with Gasteiger partial charge in [-0.25, -0.2) is 0 Å². The Labute approximate surface area is 120 Å². The highest BCUT2D eigenvalue weighted by Gasteiger charge is 2.39. The normalized spacial score (nSPS) is 21.9. The maximum absolute atomic E-state index is 12.2. The molecule has 1 aromatic rings. The van der Waals surface area contributed by atoms with E-state index >= 15 is 0 Å². The van der Waals surface area contributed by atoms with Crippen molar-refractivity contribution in [3.63, 3.8) is 0 Å². The molecule has 0 heterocycles. The van der Waals surface area contributed by atoms with Gasteiger partial charge in [0.15, 0.2) is 0 Å². The van der Waals surface area contributed by atoms with Crippen LogP contribution in [0.25, 0.3) is 0 Å². The molecule has 0 bridgehead atoms. The summed E-state index contributed by atoms with van der Waals surface area (Å²) >= 11 is 0. The van der Waals surface area contributed by atoms with Crippen molar-refractivity contribution in [2.24, 2.45) is 17.8 Å². The second kappa shape index (κ2) is 6.69. The van der Waals surface area contributed by atoms with Gasteiger partial charge >= 0.3 is 5.97 Å². The molecule has 0 radical (unpaired) electrons. The molecule has 1 aliphatic rings. The summed E-state index contributed by atoms with van der Waals surface area (Å²) in [6.45, 7) is 4.08. The maximum Gasteiger partial charge on any atom is 0.309 e. The average molecular weight is 274 g/mol. The van der Waals surface area contributed by atoms with Gasteiger partial charge in [0.2, 0.25) is 0 Å². The van der Waals surface area contributed by atoms with E-state index in [9.17, 15) is 9.59 Å². The highest BCUT2D eigenvalue weighted by Crippen LogP contribution is 2.35. The van der Waals surface area contributed by atoms with Crippen LogP contribution in [0.4, 0.5) is 0 Å². The molecule has 2 atom stereocenters. The van der Waals surface area contributed by atoms with E-state index in [1.807, 2.05) is 44.2 Å². The second-order valence-electron chi connectivity index (χ2n) is 5.79. The van der Waals surface area contributed by atoms with E-state index in [2.05, 4.69) is 0 Å². The van der Waals surface area contributed by atoms with E-state index in [-0.39, 0.29) is 29.5 Å². The summed E-state index contributed by atoms with van der Waals surface area (Å²) in [5.41, 5.74) is 0.977. The number of carbonyl (C=O) groups is 2. The summed E-state index contributed by atoms with van der Waals surface area (Å²) in [5.74, 6) is -0.413. The molecule has 1 saturated carbocycles. The van der Waals surface area contributed by atoms with Crippen LogP contribution < -0.4 is 0 Å². The third-order valence-electron chi connectivity index (χ3n) is 3.98. The van der Waals surface area contributed by atoms with Crippen molar-refractivity contribution in [3.8, 4) is 0 Å². The first-order valence-electron chi connectivity index (χ1n) is 7.34. The second-order valence-corrected chi connectivity index (χ2v) is 5.79. The fourth-order valence-electron chi connectivity index (χ4n) is 2.85. The smallest absolute Gasteiger partial charge is 0.309 e. The molecular weight excluding hydrogens is 252 g/mol. The van der Waals surface area contributed by atoms with Gasteiger partial charge in [-0.15, -0.1) is 0 Å². The molecule has 0 spiro atoms. The Morgan fingerprint density at radius 3 is 2.45 bits per heavy atom. The summed E-state index contributed by atoms with van der Waals surface area (Å²) in [5, 5.41) is 0. The number of Topliss-reactive ketones (excluding diaryl/α,β-unsaturated/α-hetero) is 1. The van der Waals surface area contributed by atoms with E-state index in [0.29, 0.717) is 6.61 Å². The van der Waals surface area contributed by atoms with Crippen LogP contribution in [-0.2, 0) is 20.9 Å². The first-order chi connectivity index (χ1) is 9.59. The fraction of sp³-hybridized carbons (Fsp3) is 0.529. The molecule has 0 saturated heterocycles. The van der Waals surface area contributed by atoms with Gasteiger partial charge in [0.1, 0.15) is 12.4 Å². The first kappa shape index (κ1) is 14.8. The lowest BCUT2D eigenvalue weighted by Crippen LogP contribution is -2.29. The minimum Gasteiger partial charge on any atom is -0.461 e. The average Bonchev–Trinajstić information content (AvgIpc) is 2.94. The number of ether oxygens (including phenoxy) is 1. The zero-order valence-corrected chi connectivity index (χ0v) is 12.2. The summed E-state index contributed by atoms with van der Waals surface area (Å²) in [6, 6.07) is 9.63. The lowest BCUT2D eigenvalue weighted by Gasteiger charge is -2.19. The molecule has 108 valence electrons. The fourth-order valence-corrected chi connectivity index (χ4v) is 2.85. The molecule has 1 aromatic carbocycles. The van der Waals surface area contributed by atoms with Gasteiger partial charge in [0.05, 0.1) is 5.92 Å². The number of esters is 1. The monoisotopic (exact) mass is 274 g/mol. The van der Waals surface area contributed by atoms with Crippen molar-refractivity contribution in [2.45, 2.75) is 39.7 Å². The Balaban J connectivity index is 1.93. The van der Waals surface area contributed by atoms with E-state index in [1.54, 1.807) is 0 Å². The van der Waals surface area contributed by atoms with Gasteiger partial charge in [-0.2, -0.15) is 0 Å². The predicted octanol–water partition coefficient (Wildman–Crippen LogP) is 3.37. The summed E-state index contributed by atoms with van der Waals surface area (Å²) < 4.78 is 5.38. The number of rotatable bonds is 5. The highest BCUT2D eigenvalue weighted by atomic mass is 16.5. The van der Waals surface area contributed by atoms with Crippen molar-refractivity contribution in [2.75, 3.05) is 0 Å². The van der Waals surface area contributed by atoms with Gasteiger partial charge in [-0.3, -0.25) is 9.59 Å². The minimum absolute atomic E-state index is 0.0116. The van der Waals surface area contributed by atoms with Crippen molar-refractivity contribution < 1.29 is 14.3 Å². The molecule has 2 rings (SSSR count). The van der Waals surface area contributed by atoms with Crippen LogP contribution in [0.5, 0.6) is 0 Å². The van der Waals surface area contributed by atoms with Crippen LogP contribution in [0, 0.1) is 17.8 Å². The summed E-state index contributed by atoms with van der Waals surface area (Å²) in [6.07, 6.45) is 2.53. The minimum atomic E-state index is -0.242. The molecule has 0 aliphatic heterocycles. The van der Waals surface area contributed by atoms with Crippen LogP contribution in [0.2, 0.25) is 0 Å². The SMILES string of the molecule is CC(C)C(=O)[C@H]1CCC[C@@H]1C(=O)OCc1ccccc1. The van der Waals surface area contributed by atoms with E-state index in [0.717, 1.165) is 24.8 Å². The van der Waals surface area contributed by atoms with Crippen LogP contribution >= 0.6 is 0 Å². The van der Waals surface area contributed by atoms with E-state index < -0.39 is 0 Å². The predicted molar refractivity (Wildman–Crippen MR) is 76.9 cm³/mol. The van der Waals surface area contributed by atoms with E-state index in [1.165, 1.54) is 0 Å². The first-order valence-corrected chi connectivity index (χ1v) is 7.34. The van der Waals surface area contributed by atoms with Crippen molar-refractivity contribution in [3.05, 3.63) is 35.9 Å². The molecule has 0 N–H and O–H groups in total. The third-order valence-corrected chi connectivity index (χ3v) is 3.98. The van der Waals surface area contributed by atoms with Crippen molar-refractivity contribution >= 4 is 11.8 Å². The molecule has 1 aliphatic carbocycles. The van der Waals surface area contributed by atoms with Gasteiger partial charge in [-0.05, 0) is 18.4 Å². The van der Waals surface area contributed by atoms with E-state index in [4.69, 9.17) is 4.74 Å². The third kappa shape index (κ3) is 3.47. The van der Waals surface area contributed by atoms with Crippen molar-refractivity contribution in [1.82, 2.24) is 0 Å². The quantitative estimate of drug-likeness (QED) is 0.773. The van der Waals surface area contributed by atoms with Gasteiger partial charge < -0.3 is 4.74 Å². The number of hydrogen-bond acceptors (Lipinski definition) is 3. The zero-order valence-electron chi connectivity index (χ0n) is 12.2. The largest absolute Gasteiger partial charge is 0.461 e. The highest BCUT2D eigenvalue weighted by molar-refractivity contribution is 5.88. The molecule has 20 heavy (non-hydrogen) atoms. The Kier molecular flexibility index (Phi) is 4.94. The summed E-state index contributed by atoms with van der Waals surface area (Å²) in [7, 11) is 0. The molecule has 3 heteroatoms. The van der Waals surface area contributed by atoms with Crippen molar-refractivity contribution in [1.29, 1.82) is 0 Å².